The van der Waals surface area contributed by atoms with E-state index in [9.17, 15) is 10.1 Å². The maximum absolute atomic E-state index is 10.8. The van der Waals surface area contributed by atoms with E-state index in [4.69, 9.17) is 4.74 Å². The molecule has 1 saturated heterocycles. The Morgan fingerprint density at radius 1 is 1.12 bits per heavy atom. The molecule has 0 bridgehead atoms. The Bertz CT molecular complexity index is 723. The predicted molar refractivity (Wildman–Crippen MR) is 103 cm³/mol. The van der Waals surface area contributed by atoms with Crippen LogP contribution in [-0.2, 0) is 6.54 Å². The molecule has 1 fully saturated rings. The molecule has 2 aromatic carbocycles. The van der Waals surface area contributed by atoms with Gasteiger partial charge in [-0.25, -0.2) is 0 Å². The van der Waals surface area contributed by atoms with Crippen LogP contribution in [0.25, 0.3) is 0 Å². The van der Waals surface area contributed by atoms with Crippen molar-refractivity contribution in [2.45, 2.75) is 25.4 Å². The van der Waals surface area contributed by atoms with Crippen LogP contribution < -0.4 is 9.64 Å². The van der Waals surface area contributed by atoms with Gasteiger partial charge in [0.15, 0.2) is 0 Å². The molecule has 1 aliphatic heterocycles. The lowest BCUT2D eigenvalue weighted by Crippen LogP contribution is -2.43. The van der Waals surface area contributed by atoms with Crippen molar-refractivity contribution in [3.63, 3.8) is 0 Å². The molecule has 0 aliphatic carbocycles. The quantitative estimate of drug-likeness (QED) is 0.584. The van der Waals surface area contributed by atoms with E-state index in [-0.39, 0.29) is 10.6 Å². The fourth-order valence-corrected chi connectivity index (χ4v) is 3.50. The number of methoxy groups -OCH3 is 1. The number of nitro groups is 1. The molecule has 6 heteroatoms. The van der Waals surface area contributed by atoms with Crippen LogP contribution in [0.3, 0.4) is 0 Å². The summed E-state index contributed by atoms with van der Waals surface area (Å²) in [7, 11) is 3.86. The first-order valence-electron chi connectivity index (χ1n) is 8.89. The number of hydrogen-bond acceptors (Lipinski definition) is 5. The van der Waals surface area contributed by atoms with Gasteiger partial charge in [-0.3, -0.25) is 15.0 Å². The highest BCUT2D eigenvalue weighted by molar-refractivity contribution is 5.51. The van der Waals surface area contributed by atoms with Crippen molar-refractivity contribution in [1.29, 1.82) is 0 Å². The second kappa shape index (κ2) is 8.19. The van der Waals surface area contributed by atoms with Crippen molar-refractivity contribution in [1.82, 2.24) is 4.90 Å². The van der Waals surface area contributed by atoms with Gasteiger partial charge in [0.05, 0.1) is 12.0 Å². The number of nitrogens with zero attached hydrogens (tertiary/aromatic N) is 3. The molecule has 0 aromatic heterocycles. The molecule has 138 valence electrons. The molecular weight excluding hydrogens is 330 g/mol. The number of hydrogen-bond donors (Lipinski definition) is 0. The van der Waals surface area contributed by atoms with Crippen molar-refractivity contribution in [3.05, 3.63) is 64.2 Å². The highest BCUT2D eigenvalue weighted by Gasteiger charge is 2.23. The third-order valence-corrected chi connectivity index (χ3v) is 5.10. The minimum Gasteiger partial charge on any atom is -0.497 e. The molecule has 0 unspecified atom stereocenters. The van der Waals surface area contributed by atoms with E-state index in [2.05, 4.69) is 29.0 Å². The van der Waals surface area contributed by atoms with Crippen LogP contribution in [0.4, 0.5) is 11.4 Å². The van der Waals surface area contributed by atoms with Crippen molar-refractivity contribution in [3.8, 4) is 5.75 Å². The smallest absolute Gasteiger partial charge is 0.269 e. The lowest BCUT2D eigenvalue weighted by Gasteiger charge is -2.38. The van der Waals surface area contributed by atoms with Crippen LogP contribution in [0.15, 0.2) is 48.5 Å². The topological polar surface area (TPSA) is 58.8 Å². The van der Waals surface area contributed by atoms with E-state index < -0.39 is 0 Å². The van der Waals surface area contributed by atoms with E-state index in [1.807, 2.05) is 24.3 Å². The zero-order valence-electron chi connectivity index (χ0n) is 15.3. The maximum Gasteiger partial charge on any atom is 0.269 e. The highest BCUT2D eigenvalue weighted by atomic mass is 16.6. The van der Waals surface area contributed by atoms with Crippen LogP contribution in [0.2, 0.25) is 0 Å². The van der Waals surface area contributed by atoms with Crippen LogP contribution in [0.1, 0.15) is 18.4 Å². The van der Waals surface area contributed by atoms with E-state index in [1.165, 1.54) is 5.56 Å². The molecule has 0 spiro atoms. The molecule has 0 atom stereocenters. The van der Waals surface area contributed by atoms with Crippen LogP contribution in [0.5, 0.6) is 5.75 Å². The van der Waals surface area contributed by atoms with Gasteiger partial charge in [-0.2, -0.15) is 0 Å². The highest BCUT2D eigenvalue weighted by Crippen LogP contribution is 2.25. The summed E-state index contributed by atoms with van der Waals surface area (Å²) in [6, 6.07) is 15.6. The summed E-state index contributed by atoms with van der Waals surface area (Å²) >= 11 is 0. The van der Waals surface area contributed by atoms with Gasteiger partial charge in [0.25, 0.3) is 5.69 Å². The predicted octanol–water partition coefficient (Wildman–Crippen LogP) is 3.70. The van der Waals surface area contributed by atoms with Crippen molar-refractivity contribution < 1.29 is 9.66 Å². The molecule has 26 heavy (non-hydrogen) atoms. The summed E-state index contributed by atoms with van der Waals surface area (Å²) in [5.74, 6) is 0.882. The molecule has 0 saturated carbocycles. The summed E-state index contributed by atoms with van der Waals surface area (Å²) in [5.41, 5.74) is 2.49. The lowest BCUT2D eigenvalue weighted by atomic mass is 10.0. The van der Waals surface area contributed by atoms with E-state index in [0.29, 0.717) is 6.04 Å². The second-order valence-corrected chi connectivity index (χ2v) is 6.75. The Morgan fingerprint density at radius 3 is 2.27 bits per heavy atom. The van der Waals surface area contributed by atoms with Crippen molar-refractivity contribution in [2.75, 3.05) is 32.1 Å². The zero-order valence-corrected chi connectivity index (χ0v) is 15.3. The van der Waals surface area contributed by atoms with Crippen LogP contribution in [-0.4, -0.2) is 43.1 Å². The summed E-state index contributed by atoms with van der Waals surface area (Å²) in [5, 5.41) is 10.8. The van der Waals surface area contributed by atoms with Gasteiger partial charge in [0.1, 0.15) is 5.75 Å². The first-order valence-corrected chi connectivity index (χ1v) is 8.89. The van der Waals surface area contributed by atoms with Gasteiger partial charge in [0, 0.05) is 43.5 Å². The largest absolute Gasteiger partial charge is 0.497 e. The van der Waals surface area contributed by atoms with Gasteiger partial charge < -0.3 is 9.64 Å². The summed E-state index contributed by atoms with van der Waals surface area (Å²) in [4.78, 5) is 15.1. The van der Waals surface area contributed by atoms with Crippen LogP contribution >= 0.6 is 0 Å². The molecular formula is C20H25N3O3. The van der Waals surface area contributed by atoms with Gasteiger partial charge in [-0.1, -0.05) is 12.1 Å². The average molecular weight is 355 g/mol. The molecule has 3 rings (SSSR count). The fraction of sp³-hybridized carbons (Fsp3) is 0.400. The average Bonchev–Trinajstić information content (AvgIpc) is 2.69. The first kappa shape index (κ1) is 18.2. The zero-order chi connectivity index (χ0) is 18.5. The number of nitro benzene ring substituents is 1. The van der Waals surface area contributed by atoms with Gasteiger partial charge in [-0.05, 0) is 49.7 Å². The Labute approximate surface area is 154 Å². The number of non-ortho nitro benzene ring substituents is 1. The van der Waals surface area contributed by atoms with Crippen LogP contribution in [0, 0.1) is 10.1 Å². The Morgan fingerprint density at radius 2 is 1.73 bits per heavy atom. The molecule has 6 nitrogen and oxygen atoms in total. The van der Waals surface area contributed by atoms with E-state index in [1.54, 1.807) is 19.2 Å². The molecule has 0 N–H and O–H groups in total. The minimum absolute atomic E-state index is 0.142. The van der Waals surface area contributed by atoms with E-state index >= 15 is 0 Å². The molecule has 1 heterocycles. The molecule has 0 radical (unpaired) electrons. The maximum atomic E-state index is 10.8. The summed E-state index contributed by atoms with van der Waals surface area (Å²) in [6.45, 7) is 2.86. The SMILES string of the molecule is COc1ccc(CN(C)C2CCN(c3ccc([N+](=O)[O-])cc3)CC2)cc1. The Kier molecular flexibility index (Phi) is 5.73. The lowest BCUT2D eigenvalue weighted by molar-refractivity contribution is -0.384. The second-order valence-electron chi connectivity index (χ2n) is 6.75. The number of piperidine rings is 1. The Balaban J connectivity index is 1.52. The first-order chi connectivity index (χ1) is 12.6. The van der Waals surface area contributed by atoms with Crippen molar-refractivity contribution in [2.24, 2.45) is 0 Å². The molecule has 1 aliphatic rings. The van der Waals surface area contributed by atoms with Gasteiger partial charge in [-0.15, -0.1) is 0 Å². The Hall–Kier alpha value is -2.60. The summed E-state index contributed by atoms with van der Waals surface area (Å²) in [6.07, 6.45) is 2.17. The molecule has 0 amide bonds. The normalized spacial score (nSPS) is 15.3. The monoisotopic (exact) mass is 355 g/mol. The third-order valence-electron chi connectivity index (χ3n) is 5.10. The third kappa shape index (κ3) is 4.32. The molecule has 2 aromatic rings. The van der Waals surface area contributed by atoms with Gasteiger partial charge >= 0.3 is 0 Å². The van der Waals surface area contributed by atoms with E-state index in [0.717, 1.165) is 43.9 Å². The number of ether oxygens (including phenoxy) is 1. The standard InChI is InChI=1S/C20H25N3O3/c1-21(15-16-3-9-20(26-2)10-4-16)17-11-13-22(14-12-17)18-5-7-19(8-6-18)23(24)25/h3-10,17H,11-15H2,1-2H3. The number of anilines is 1. The van der Waals surface area contributed by atoms with Crippen molar-refractivity contribution >= 4 is 11.4 Å². The van der Waals surface area contributed by atoms with Gasteiger partial charge in [0.2, 0.25) is 0 Å². The number of benzene rings is 2. The number of rotatable bonds is 6. The minimum atomic E-state index is -0.357. The fourth-order valence-electron chi connectivity index (χ4n) is 3.50. The summed E-state index contributed by atoms with van der Waals surface area (Å²) < 4.78 is 5.21.